The van der Waals surface area contributed by atoms with Crippen LogP contribution in [0.5, 0.6) is 0 Å². The molecule has 17 heavy (non-hydrogen) atoms. The van der Waals surface area contributed by atoms with Crippen molar-refractivity contribution in [3.05, 3.63) is 28.2 Å². The van der Waals surface area contributed by atoms with Gasteiger partial charge in [0, 0.05) is 26.2 Å². The van der Waals surface area contributed by atoms with Crippen molar-refractivity contribution in [3.63, 3.8) is 0 Å². The lowest BCUT2D eigenvalue weighted by molar-refractivity contribution is 0.0467. The van der Waals surface area contributed by atoms with Gasteiger partial charge in [-0.15, -0.1) is 0 Å². The molecule has 2 heterocycles. The van der Waals surface area contributed by atoms with Gasteiger partial charge in [-0.3, -0.25) is 9.59 Å². The summed E-state index contributed by atoms with van der Waals surface area (Å²) in [5, 5.41) is 13.4. The fourth-order valence-electron chi connectivity index (χ4n) is 1.92. The van der Waals surface area contributed by atoms with Gasteiger partial charge >= 0.3 is 0 Å². The van der Waals surface area contributed by atoms with Gasteiger partial charge in [0.15, 0.2) is 0 Å². The normalized spacial score (nSPS) is 20.4. The maximum atomic E-state index is 12.0. The first-order chi connectivity index (χ1) is 8.08. The Morgan fingerprint density at radius 1 is 1.53 bits per heavy atom. The van der Waals surface area contributed by atoms with Crippen molar-refractivity contribution in [2.24, 2.45) is 7.05 Å². The van der Waals surface area contributed by atoms with E-state index in [1.54, 1.807) is 4.90 Å². The van der Waals surface area contributed by atoms with Gasteiger partial charge in [0.2, 0.25) is 0 Å². The van der Waals surface area contributed by atoms with Crippen molar-refractivity contribution in [1.29, 1.82) is 0 Å². The summed E-state index contributed by atoms with van der Waals surface area (Å²) in [4.78, 5) is 24.8. The summed E-state index contributed by atoms with van der Waals surface area (Å²) in [6, 6.07) is 2.74. The fourth-order valence-corrected chi connectivity index (χ4v) is 1.92. The number of hydrogen-bond acceptors (Lipinski definition) is 4. The van der Waals surface area contributed by atoms with E-state index >= 15 is 0 Å². The molecule has 1 unspecified atom stereocenters. The summed E-state index contributed by atoms with van der Waals surface area (Å²) in [6.07, 6.45) is 1.06. The average molecular weight is 237 g/mol. The molecule has 1 aromatic rings. The Hall–Kier alpha value is -1.69. The molecule has 0 saturated carbocycles. The summed E-state index contributed by atoms with van der Waals surface area (Å²) < 4.78 is 1.13. The van der Waals surface area contributed by atoms with E-state index in [1.165, 1.54) is 19.2 Å². The minimum absolute atomic E-state index is 0.237. The molecule has 92 valence electrons. The van der Waals surface area contributed by atoms with Gasteiger partial charge in [0.05, 0.1) is 6.10 Å². The molecule has 1 aliphatic rings. The minimum atomic E-state index is -0.458. The van der Waals surface area contributed by atoms with Crippen molar-refractivity contribution in [2.45, 2.75) is 18.9 Å². The molecule has 1 aromatic heterocycles. The molecule has 0 bridgehead atoms. The summed E-state index contributed by atoms with van der Waals surface area (Å²) in [5.41, 5.74) is -0.0126. The van der Waals surface area contributed by atoms with Crippen LogP contribution in [0.3, 0.4) is 0 Å². The molecule has 1 atom stereocenters. The lowest BCUT2D eigenvalue weighted by Crippen LogP contribution is -2.42. The van der Waals surface area contributed by atoms with E-state index < -0.39 is 6.10 Å². The van der Waals surface area contributed by atoms with Crippen molar-refractivity contribution >= 4 is 5.91 Å². The number of rotatable bonds is 1. The van der Waals surface area contributed by atoms with E-state index in [4.69, 9.17) is 0 Å². The monoisotopic (exact) mass is 237 g/mol. The van der Waals surface area contributed by atoms with Gasteiger partial charge in [-0.1, -0.05) is 0 Å². The molecule has 1 amide bonds. The third kappa shape index (κ3) is 2.52. The smallest absolute Gasteiger partial charge is 0.274 e. The van der Waals surface area contributed by atoms with Crippen molar-refractivity contribution < 1.29 is 9.90 Å². The average Bonchev–Trinajstić information content (AvgIpc) is 2.32. The van der Waals surface area contributed by atoms with Crippen molar-refractivity contribution in [3.8, 4) is 0 Å². The van der Waals surface area contributed by atoms with Crippen LogP contribution >= 0.6 is 0 Å². The molecular formula is C11H15N3O3. The quantitative estimate of drug-likeness (QED) is 0.706. The number of aliphatic hydroxyl groups excluding tert-OH is 1. The number of aromatic nitrogens is 2. The highest BCUT2D eigenvalue weighted by Gasteiger charge is 2.24. The second kappa shape index (κ2) is 4.67. The van der Waals surface area contributed by atoms with E-state index in [-0.39, 0.29) is 17.2 Å². The Morgan fingerprint density at radius 2 is 2.29 bits per heavy atom. The van der Waals surface area contributed by atoms with Gasteiger partial charge in [-0.2, -0.15) is 5.10 Å². The highest BCUT2D eigenvalue weighted by Crippen LogP contribution is 2.12. The number of amides is 1. The second-order valence-corrected chi connectivity index (χ2v) is 4.23. The molecule has 6 heteroatoms. The first-order valence-corrected chi connectivity index (χ1v) is 5.59. The van der Waals surface area contributed by atoms with E-state index in [0.717, 1.165) is 17.5 Å². The van der Waals surface area contributed by atoms with Gasteiger partial charge in [0.1, 0.15) is 5.69 Å². The summed E-state index contributed by atoms with van der Waals surface area (Å²) >= 11 is 0. The molecule has 1 saturated heterocycles. The molecule has 1 N–H and O–H groups in total. The zero-order valence-electron chi connectivity index (χ0n) is 9.67. The van der Waals surface area contributed by atoms with Gasteiger partial charge in [-0.25, -0.2) is 4.68 Å². The van der Waals surface area contributed by atoms with Crippen LogP contribution in [0.25, 0.3) is 0 Å². The first-order valence-electron chi connectivity index (χ1n) is 5.59. The number of carbonyl (C=O) groups excluding carboxylic acids is 1. The molecule has 6 nitrogen and oxygen atoms in total. The summed E-state index contributed by atoms with van der Waals surface area (Å²) in [7, 11) is 1.50. The Morgan fingerprint density at radius 3 is 2.94 bits per heavy atom. The van der Waals surface area contributed by atoms with Crippen LogP contribution in [0.15, 0.2) is 16.9 Å². The molecular weight excluding hydrogens is 222 g/mol. The summed E-state index contributed by atoms with van der Waals surface area (Å²) in [5.74, 6) is -0.237. The summed E-state index contributed by atoms with van der Waals surface area (Å²) in [6.45, 7) is 0.962. The highest BCUT2D eigenvalue weighted by atomic mass is 16.3. The zero-order chi connectivity index (χ0) is 12.4. The van der Waals surface area contributed by atoms with Crippen LogP contribution in [0.4, 0.5) is 0 Å². The standard InChI is InChI=1S/C11H15N3O3/c1-13-10(16)5-4-9(12-13)11(17)14-6-2-3-8(15)7-14/h4-5,8,15H,2-3,6-7H2,1H3. The molecule has 0 aromatic carbocycles. The second-order valence-electron chi connectivity index (χ2n) is 4.23. The lowest BCUT2D eigenvalue weighted by Gasteiger charge is -2.29. The highest BCUT2D eigenvalue weighted by molar-refractivity contribution is 5.92. The number of aliphatic hydroxyl groups is 1. The fraction of sp³-hybridized carbons (Fsp3) is 0.545. The Labute approximate surface area is 98.5 Å². The molecule has 0 radical (unpaired) electrons. The van der Waals surface area contributed by atoms with Crippen LogP contribution in [-0.4, -0.2) is 44.9 Å². The van der Waals surface area contributed by atoms with Crippen LogP contribution < -0.4 is 5.56 Å². The number of hydrogen-bond donors (Lipinski definition) is 1. The van der Waals surface area contributed by atoms with Gasteiger partial charge in [-0.05, 0) is 18.9 Å². The number of piperidine rings is 1. The topological polar surface area (TPSA) is 75.4 Å². The van der Waals surface area contributed by atoms with E-state index in [9.17, 15) is 14.7 Å². The molecule has 1 aliphatic heterocycles. The lowest BCUT2D eigenvalue weighted by atomic mass is 10.1. The minimum Gasteiger partial charge on any atom is -0.391 e. The molecule has 1 fully saturated rings. The van der Waals surface area contributed by atoms with Crippen molar-refractivity contribution in [2.75, 3.05) is 13.1 Å². The van der Waals surface area contributed by atoms with Crippen LogP contribution in [0, 0.1) is 0 Å². The Bertz CT molecular complexity index is 483. The number of nitrogens with zero attached hydrogens (tertiary/aromatic N) is 3. The molecule has 2 rings (SSSR count). The Kier molecular flexibility index (Phi) is 3.23. The predicted octanol–water partition coefficient (Wildman–Crippen LogP) is -0.623. The third-order valence-electron chi connectivity index (χ3n) is 2.86. The maximum Gasteiger partial charge on any atom is 0.274 e. The number of aryl methyl sites for hydroxylation is 1. The largest absolute Gasteiger partial charge is 0.391 e. The van der Waals surface area contributed by atoms with Crippen LogP contribution in [-0.2, 0) is 7.05 Å². The van der Waals surface area contributed by atoms with E-state index in [1.807, 2.05) is 0 Å². The van der Waals surface area contributed by atoms with Crippen LogP contribution in [0.1, 0.15) is 23.3 Å². The van der Waals surface area contributed by atoms with Crippen LogP contribution in [0.2, 0.25) is 0 Å². The first kappa shape index (κ1) is 11.8. The third-order valence-corrected chi connectivity index (χ3v) is 2.86. The zero-order valence-corrected chi connectivity index (χ0v) is 9.67. The number of β-amino-alcohol motifs (C(OH)–C–C–N with tert-alkyl or cyclic N) is 1. The predicted molar refractivity (Wildman–Crippen MR) is 60.6 cm³/mol. The van der Waals surface area contributed by atoms with Gasteiger partial charge < -0.3 is 10.0 Å². The van der Waals surface area contributed by atoms with Gasteiger partial charge in [0.25, 0.3) is 11.5 Å². The number of likely N-dealkylation sites (tertiary alicyclic amines) is 1. The van der Waals surface area contributed by atoms with E-state index in [2.05, 4.69) is 5.10 Å². The maximum absolute atomic E-state index is 12.0. The number of carbonyl (C=O) groups is 1. The SMILES string of the molecule is Cn1nc(C(=O)N2CCCC(O)C2)ccc1=O. The Balaban J connectivity index is 2.18. The molecule has 0 spiro atoms. The van der Waals surface area contributed by atoms with Crippen molar-refractivity contribution in [1.82, 2.24) is 14.7 Å². The van der Waals surface area contributed by atoms with E-state index in [0.29, 0.717) is 13.1 Å². The molecule has 0 aliphatic carbocycles.